The third kappa shape index (κ3) is 1.88. The molecule has 1 unspecified atom stereocenters. The van der Waals surface area contributed by atoms with Crippen molar-refractivity contribution in [3.63, 3.8) is 0 Å². The van der Waals surface area contributed by atoms with Gasteiger partial charge in [-0.2, -0.15) is 0 Å². The number of benzene rings is 2. The Kier molecular flexibility index (Phi) is 2.81. The molecular formula is C17H14O. The number of allylic oxidation sites excluding steroid dienone is 1. The van der Waals surface area contributed by atoms with Gasteiger partial charge in [0.15, 0.2) is 0 Å². The molecule has 0 radical (unpaired) electrons. The molecule has 3 rings (SSSR count). The first-order valence-corrected chi connectivity index (χ1v) is 6.17. The summed E-state index contributed by atoms with van der Waals surface area (Å²) < 4.78 is 0. The zero-order valence-electron chi connectivity index (χ0n) is 10.0. The summed E-state index contributed by atoms with van der Waals surface area (Å²) in [7, 11) is 0. The molecule has 1 aliphatic rings. The van der Waals surface area contributed by atoms with Crippen LogP contribution >= 0.6 is 0 Å². The molecule has 1 nitrogen and oxygen atoms in total. The highest BCUT2D eigenvalue weighted by Crippen LogP contribution is 2.36. The fourth-order valence-electron chi connectivity index (χ4n) is 2.59. The Morgan fingerprint density at radius 2 is 1.67 bits per heavy atom. The van der Waals surface area contributed by atoms with Gasteiger partial charge in [-0.1, -0.05) is 66.2 Å². The third-order valence-electron chi connectivity index (χ3n) is 3.47. The second-order valence-corrected chi connectivity index (χ2v) is 4.62. The standard InChI is InChI=1S/C17H14O/c18-12-17-15(10-13-6-2-1-3-7-13)11-14-8-4-5-9-16(14)17/h1-10,12,17H,11H2/b15-10+. The van der Waals surface area contributed by atoms with E-state index in [1.165, 1.54) is 11.1 Å². The van der Waals surface area contributed by atoms with Crippen LogP contribution in [0.4, 0.5) is 0 Å². The van der Waals surface area contributed by atoms with E-state index in [1.807, 2.05) is 30.3 Å². The van der Waals surface area contributed by atoms with E-state index in [9.17, 15) is 4.79 Å². The van der Waals surface area contributed by atoms with Crippen molar-refractivity contribution in [2.75, 3.05) is 0 Å². The molecule has 0 spiro atoms. The number of carbonyl (C=O) groups is 1. The molecule has 0 saturated carbocycles. The molecule has 0 saturated heterocycles. The van der Waals surface area contributed by atoms with E-state index < -0.39 is 0 Å². The molecule has 2 aromatic rings. The Bertz CT molecular complexity index is 596. The average Bonchev–Trinajstić information content (AvgIpc) is 2.77. The molecule has 0 heterocycles. The first-order valence-electron chi connectivity index (χ1n) is 6.17. The van der Waals surface area contributed by atoms with Crippen LogP contribution < -0.4 is 0 Å². The average molecular weight is 234 g/mol. The molecule has 0 bridgehead atoms. The Hall–Kier alpha value is -2.15. The van der Waals surface area contributed by atoms with Crippen LogP contribution in [0.5, 0.6) is 0 Å². The van der Waals surface area contributed by atoms with Crippen LogP contribution in [0.2, 0.25) is 0 Å². The maximum absolute atomic E-state index is 11.3. The molecule has 88 valence electrons. The van der Waals surface area contributed by atoms with Gasteiger partial charge in [0.2, 0.25) is 0 Å². The largest absolute Gasteiger partial charge is 0.302 e. The van der Waals surface area contributed by atoms with Gasteiger partial charge in [0.25, 0.3) is 0 Å². The summed E-state index contributed by atoms with van der Waals surface area (Å²) in [6.07, 6.45) is 4.08. The van der Waals surface area contributed by atoms with Crippen LogP contribution in [0.1, 0.15) is 22.6 Å². The Morgan fingerprint density at radius 3 is 2.44 bits per heavy atom. The lowest BCUT2D eigenvalue weighted by molar-refractivity contribution is -0.108. The van der Waals surface area contributed by atoms with Gasteiger partial charge < -0.3 is 4.79 Å². The lowest BCUT2D eigenvalue weighted by Crippen LogP contribution is -1.97. The first kappa shape index (κ1) is 11.0. The van der Waals surface area contributed by atoms with Gasteiger partial charge in [-0.25, -0.2) is 0 Å². The van der Waals surface area contributed by atoms with Crippen LogP contribution in [0, 0.1) is 0 Å². The zero-order chi connectivity index (χ0) is 12.4. The zero-order valence-corrected chi connectivity index (χ0v) is 10.0. The number of hydrogen-bond acceptors (Lipinski definition) is 1. The quantitative estimate of drug-likeness (QED) is 0.725. The molecule has 0 aromatic heterocycles. The summed E-state index contributed by atoms with van der Waals surface area (Å²) in [5.41, 5.74) is 4.79. The highest BCUT2D eigenvalue weighted by atomic mass is 16.1. The Labute approximate surface area is 107 Å². The highest BCUT2D eigenvalue weighted by Gasteiger charge is 2.25. The third-order valence-corrected chi connectivity index (χ3v) is 3.47. The summed E-state index contributed by atoms with van der Waals surface area (Å²) in [5.74, 6) is -0.0681. The topological polar surface area (TPSA) is 17.1 Å². The molecule has 2 aromatic carbocycles. The van der Waals surface area contributed by atoms with Crippen LogP contribution in [0.25, 0.3) is 6.08 Å². The second kappa shape index (κ2) is 4.61. The maximum atomic E-state index is 11.3. The Balaban J connectivity index is 2.01. The van der Waals surface area contributed by atoms with E-state index in [1.54, 1.807) is 0 Å². The fourth-order valence-corrected chi connectivity index (χ4v) is 2.59. The van der Waals surface area contributed by atoms with E-state index in [-0.39, 0.29) is 5.92 Å². The van der Waals surface area contributed by atoms with Crippen molar-refractivity contribution >= 4 is 12.4 Å². The molecule has 1 atom stereocenters. The van der Waals surface area contributed by atoms with Gasteiger partial charge in [-0.3, -0.25) is 0 Å². The number of carbonyl (C=O) groups excluding carboxylic acids is 1. The number of aldehydes is 1. The minimum Gasteiger partial charge on any atom is -0.302 e. The van der Waals surface area contributed by atoms with Crippen molar-refractivity contribution in [2.24, 2.45) is 0 Å². The molecule has 0 fully saturated rings. The normalized spacial score (nSPS) is 19.8. The number of hydrogen-bond donors (Lipinski definition) is 0. The molecular weight excluding hydrogens is 220 g/mol. The minimum atomic E-state index is -0.0681. The second-order valence-electron chi connectivity index (χ2n) is 4.62. The van der Waals surface area contributed by atoms with Gasteiger partial charge in [-0.05, 0) is 23.1 Å². The SMILES string of the molecule is O=CC1/C(=C/c2ccccc2)Cc2ccccc21. The van der Waals surface area contributed by atoms with Crippen molar-refractivity contribution in [3.05, 3.63) is 76.9 Å². The maximum Gasteiger partial charge on any atom is 0.131 e. The monoisotopic (exact) mass is 234 g/mol. The molecule has 0 amide bonds. The van der Waals surface area contributed by atoms with Crippen molar-refractivity contribution < 1.29 is 4.79 Å². The van der Waals surface area contributed by atoms with Crippen LogP contribution in [-0.4, -0.2) is 6.29 Å². The summed E-state index contributed by atoms with van der Waals surface area (Å²) >= 11 is 0. The van der Waals surface area contributed by atoms with Gasteiger partial charge in [0.1, 0.15) is 6.29 Å². The summed E-state index contributed by atoms with van der Waals surface area (Å²) in [4.78, 5) is 11.3. The predicted molar refractivity (Wildman–Crippen MR) is 73.4 cm³/mol. The molecule has 0 aliphatic heterocycles. The van der Waals surface area contributed by atoms with Gasteiger partial charge in [-0.15, -0.1) is 0 Å². The highest BCUT2D eigenvalue weighted by molar-refractivity contribution is 5.76. The van der Waals surface area contributed by atoms with Crippen molar-refractivity contribution in [1.82, 2.24) is 0 Å². The van der Waals surface area contributed by atoms with Gasteiger partial charge in [0.05, 0.1) is 5.92 Å². The molecule has 1 heteroatoms. The van der Waals surface area contributed by atoms with E-state index in [4.69, 9.17) is 0 Å². The fraction of sp³-hybridized carbons (Fsp3) is 0.118. The minimum absolute atomic E-state index is 0.0681. The molecule has 0 N–H and O–H groups in total. The van der Waals surface area contributed by atoms with E-state index in [0.717, 1.165) is 23.8 Å². The summed E-state index contributed by atoms with van der Waals surface area (Å²) in [6, 6.07) is 18.4. The van der Waals surface area contributed by atoms with E-state index in [2.05, 4.69) is 30.3 Å². The number of fused-ring (bicyclic) bond motifs is 1. The van der Waals surface area contributed by atoms with Gasteiger partial charge in [0, 0.05) is 0 Å². The van der Waals surface area contributed by atoms with E-state index >= 15 is 0 Å². The van der Waals surface area contributed by atoms with Crippen molar-refractivity contribution in [2.45, 2.75) is 12.3 Å². The first-order chi connectivity index (χ1) is 8.88. The van der Waals surface area contributed by atoms with Crippen molar-refractivity contribution in [3.8, 4) is 0 Å². The lowest BCUT2D eigenvalue weighted by Gasteiger charge is -2.05. The number of rotatable bonds is 2. The molecule has 18 heavy (non-hydrogen) atoms. The predicted octanol–water partition coefficient (Wildman–Crippen LogP) is 3.61. The summed E-state index contributed by atoms with van der Waals surface area (Å²) in [5, 5.41) is 0. The Morgan fingerprint density at radius 1 is 0.944 bits per heavy atom. The smallest absolute Gasteiger partial charge is 0.131 e. The van der Waals surface area contributed by atoms with Gasteiger partial charge >= 0.3 is 0 Å². The van der Waals surface area contributed by atoms with Crippen LogP contribution in [0.3, 0.4) is 0 Å². The van der Waals surface area contributed by atoms with Crippen LogP contribution in [0.15, 0.2) is 60.2 Å². The lowest BCUT2D eigenvalue weighted by atomic mass is 9.98. The van der Waals surface area contributed by atoms with Crippen LogP contribution in [-0.2, 0) is 11.2 Å². The van der Waals surface area contributed by atoms with Crippen molar-refractivity contribution in [1.29, 1.82) is 0 Å². The summed E-state index contributed by atoms with van der Waals surface area (Å²) in [6.45, 7) is 0. The van der Waals surface area contributed by atoms with E-state index in [0.29, 0.717) is 0 Å². The molecule has 1 aliphatic carbocycles.